The Morgan fingerprint density at radius 2 is 2.09 bits per heavy atom. The number of carbonyl (C=O) groups excluding carboxylic acids is 1. The maximum absolute atomic E-state index is 12.1. The fourth-order valence-electron chi connectivity index (χ4n) is 2.21. The molecule has 3 rings (SSSR count). The zero-order chi connectivity index (χ0) is 16.2. The maximum Gasteiger partial charge on any atom is 0.315 e. The molecule has 0 atom stereocenters. The summed E-state index contributed by atoms with van der Waals surface area (Å²) in [5.74, 6) is 0. The third-order valence-electron chi connectivity index (χ3n) is 3.37. The largest absolute Gasteiger partial charge is 0.333 e. The summed E-state index contributed by atoms with van der Waals surface area (Å²) in [5, 5.41) is 7.45. The molecule has 23 heavy (non-hydrogen) atoms. The van der Waals surface area contributed by atoms with E-state index in [9.17, 15) is 9.59 Å². The molecule has 3 heterocycles. The van der Waals surface area contributed by atoms with Gasteiger partial charge in [0.05, 0.1) is 18.8 Å². The first-order valence-electron chi connectivity index (χ1n) is 7.15. The van der Waals surface area contributed by atoms with Crippen LogP contribution in [-0.2, 0) is 13.1 Å². The van der Waals surface area contributed by atoms with E-state index in [1.807, 2.05) is 30.5 Å². The topological polar surface area (TPSA) is 75.5 Å². The summed E-state index contributed by atoms with van der Waals surface area (Å²) in [7, 11) is 0. The Bertz CT molecular complexity index is 887. The minimum absolute atomic E-state index is 0.158. The van der Waals surface area contributed by atoms with E-state index in [0.29, 0.717) is 17.9 Å². The number of nitrogens with one attached hydrogen (secondary N) is 2. The van der Waals surface area contributed by atoms with Crippen LogP contribution in [0.3, 0.4) is 0 Å². The number of carbonyl (C=O) groups is 1. The first kappa shape index (κ1) is 15.2. The van der Waals surface area contributed by atoms with Crippen molar-refractivity contribution in [1.82, 2.24) is 20.0 Å². The second-order valence-electron chi connectivity index (χ2n) is 5.09. The van der Waals surface area contributed by atoms with Crippen LogP contribution in [0.15, 0.2) is 46.7 Å². The van der Waals surface area contributed by atoms with Crippen molar-refractivity contribution in [1.29, 1.82) is 0 Å². The summed E-state index contributed by atoms with van der Waals surface area (Å²) in [6, 6.07) is 8.75. The highest BCUT2D eigenvalue weighted by molar-refractivity contribution is 7.09. The van der Waals surface area contributed by atoms with Gasteiger partial charge in [-0.3, -0.25) is 9.20 Å². The first-order chi connectivity index (χ1) is 11.1. The smallest absolute Gasteiger partial charge is 0.315 e. The lowest BCUT2D eigenvalue weighted by atomic mass is 10.3. The van der Waals surface area contributed by atoms with E-state index in [0.717, 1.165) is 10.4 Å². The van der Waals surface area contributed by atoms with E-state index >= 15 is 0 Å². The van der Waals surface area contributed by atoms with Crippen LogP contribution in [0.2, 0.25) is 0 Å². The van der Waals surface area contributed by atoms with Gasteiger partial charge >= 0.3 is 6.03 Å². The fraction of sp³-hybridized carbons (Fsp3) is 0.188. The van der Waals surface area contributed by atoms with Gasteiger partial charge in [0.25, 0.3) is 5.56 Å². The number of amides is 2. The second-order valence-corrected chi connectivity index (χ2v) is 6.12. The molecule has 2 amide bonds. The molecule has 0 aliphatic carbocycles. The van der Waals surface area contributed by atoms with Crippen molar-refractivity contribution < 1.29 is 4.79 Å². The van der Waals surface area contributed by atoms with Gasteiger partial charge in [-0.15, -0.1) is 11.3 Å². The Morgan fingerprint density at radius 1 is 1.26 bits per heavy atom. The third kappa shape index (κ3) is 3.57. The van der Waals surface area contributed by atoms with Gasteiger partial charge in [0.15, 0.2) is 0 Å². The summed E-state index contributed by atoms with van der Waals surface area (Å²) in [6.45, 7) is 2.58. The third-order valence-corrected chi connectivity index (χ3v) is 4.25. The molecular formula is C16H16N4O2S. The van der Waals surface area contributed by atoms with Crippen molar-refractivity contribution in [2.75, 3.05) is 0 Å². The van der Waals surface area contributed by atoms with Gasteiger partial charge in [0.1, 0.15) is 5.65 Å². The number of thiophene rings is 1. The van der Waals surface area contributed by atoms with E-state index in [-0.39, 0.29) is 18.1 Å². The minimum atomic E-state index is -0.287. The highest BCUT2D eigenvalue weighted by atomic mass is 32.1. The predicted octanol–water partition coefficient (Wildman–Crippen LogP) is 2.06. The Balaban J connectivity index is 1.66. The molecule has 2 N–H and O–H groups in total. The molecular weight excluding hydrogens is 312 g/mol. The minimum Gasteiger partial charge on any atom is -0.333 e. The number of fused-ring (bicyclic) bond motifs is 1. The van der Waals surface area contributed by atoms with Crippen molar-refractivity contribution in [3.8, 4) is 0 Å². The van der Waals surface area contributed by atoms with Crippen LogP contribution in [0.25, 0.3) is 5.65 Å². The summed E-state index contributed by atoms with van der Waals surface area (Å²) in [4.78, 5) is 29.4. The van der Waals surface area contributed by atoms with Crippen molar-refractivity contribution in [3.05, 3.63) is 68.4 Å². The van der Waals surface area contributed by atoms with Crippen molar-refractivity contribution in [3.63, 3.8) is 0 Å². The summed E-state index contributed by atoms with van der Waals surface area (Å²) in [5.41, 5.74) is 1.90. The van der Waals surface area contributed by atoms with Gasteiger partial charge in [0, 0.05) is 17.1 Å². The molecule has 3 aromatic heterocycles. The highest BCUT2D eigenvalue weighted by Crippen LogP contribution is 2.07. The molecule has 0 saturated heterocycles. The normalized spacial score (nSPS) is 10.7. The van der Waals surface area contributed by atoms with Crippen LogP contribution in [0, 0.1) is 6.92 Å². The first-order valence-corrected chi connectivity index (χ1v) is 8.03. The van der Waals surface area contributed by atoms with E-state index in [1.165, 1.54) is 10.5 Å². The van der Waals surface area contributed by atoms with Gasteiger partial charge in [-0.25, -0.2) is 9.78 Å². The van der Waals surface area contributed by atoms with Crippen molar-refractivity contribution >= 4 is 23.0 Å². The summed E-state index contributed by atoms with van der Waals surface area (Å²) >= 11 is 1.59. The van der Waals surface area contributed by atoms with E-state index < -0.39 is 0 Å². The fourth-order valence-corrected chi connectivity index (χ4v) is 2.86. The molecule has 0 radical (unpaired) electrons. The molecule has 6 nitrogen and oxygen atoms in total. The van der Waals surface area contributed by atoms with E-state index in [1.54, 1.807) is 23.6 Å². The average molecular weight is 328 g/mol. The SMILES string of the molecule is Cc1cccn2c(=O)cc(CNC(=O)NCc3cccs3)nc12. The Labute approximate surface area is 136 Å². The van der Waals surface area contributed by atoms with Crippen LogP contribution in [0.4, 0.5) is 4.79 Å². The van der Waals surface area contributed by atoms with Gasteiger partial charge in [-0.1, -0.05) is 12.1 Å². The monoisotopic (exact) mass is 328 g/mol. The van der Waals surface area contributed by atoms with Crippen LogP contribution >= 0.6 is 11.3 Å². The number of rotatable bonds is 4. The molecule has 0 bridgehead atoms. The maximum atomic E-state index is 12.1. The Hall–Kier alpha value is -2.67. The molecule has 0 fully saturated rings. The number of hydrogen-bond donors (Lipinski definition) is 2. The Morgan fingerprint density at radius 3 is 2.87 bits per heavy atom. The van der Waals surface area contributed by atoms with Crippen LogP contribution in [-0.4, -0.2) is 15.4 Å². The lowest BCUT2D eigenvalue weighted by Crippen LogP contribution is -2.35. The molecule has 3 aromatic rings. The second kappa shape index (κ2) is 6.62. The number of aromatic nitrogens is 2. The predicted molar refractivity (Wildman–Crippen MR) is 89.6 cm³/mol. The lowest BCUT2D eigenvalue weighted by molar-refractivity contribution is 0.240. The zero-order valence-corrected chi connectivity index (χ0v) is 13.4. The lowest BCUT2D eigenvalue weighted by Gasteiger charge is -2.08. The number of nitrogens with zero attached hydrogens (tertiary/aromatic N) is 2. The molecule has 7 heteroatoms. The standard InChI is InChI=1S/C16H16N4O2S/c1-11-4-2-6-20-14(21)8-12(19-15(11)20)9-17-16(22)18-10-13-5-3-7-23-13/h2-8H,9-10H2,1H3,(H2,17,18,22). The van der Waals surface area contributed by atoms with E-state index in [2.05, 4.69) is 15.6 Å². The molecule has 0 unspecified atom stereocenters. The van der Waals surface area contributed by atoms with Gasteiger partial charge in [-0.2, -0.15) is 0 Å². The van der Waals surface area contributed by atoms with Crippen LogP contribution < -0.4 is 16.2 Å². The molecule has 0 spiro atoms. The van der Waals surface area contributed by atoms with Gasteiger partial charge in [0.2, 0.25) is 0 Å². The molecule has 0 aliphatic rings. The number of hydrogen-bond acceptors (Lipinski definition) is 4. The Kier molecular flexibility index (Phi) is 4.38. The van der Waals surface area contributed by atoms with Gasteiger partial charge in [-0.05, 0) is 30.0 Å². The average Bonchev–Trinajstić information content (AvgIpc) is 3.05. The van der Waals surface area contributed by atoms with Crippen molar-refractivity contribution in [2.45, 2.75) is 20.0 Å². The molecule has 0 saturated carbocycles. The number of urea groups is 1. The van der Waals surface area contributed by atoms with Crippen LogP contribution in [0.1, 0.15) is 16.1 Å². The summed E-state index contributed by atoms with van der Waals surface area (Å²) < 4.78 is 1.50. The van der Waals surface area contributed by atoms with Crippen LogP contribution in [0.5, 0.6) is 0 Å². The molecule has 118 valence electrons. The molecule has 0 aromatic carbocycles. The molecule has 0 aliphatic heterocycles. The van der Waals surface area contributed by atoms with E-state index in [4.69, 9.17) is 0 Å². The number of aryl methyl sites for hydroxylation is 1. The number of pyridine rings is 1. The zero-order valence-electron chi connectivity index (χ0n) is 12.6. The van der Waals surface area contributed by atoms with Gasteiger partial charge < -0.3 is 10.6 Å². The highest BCUT2D eigenvalue weighted by Gasteiger charge is 2.06. The summed E-state index contributed by atoms with van der Waals surface area (Å²) in [6.07, 6.45) is 1.68. The quantitative estimate of drug-likeness (QED) is 0.770. The van der Waals surface area contributed by atoms with Crippen molar-refractivity contribution in [2.24, 2.45) is 0 Å².